The highest BCUT2D eigenvalue weighted by atomic mass is 16.2. The van der Waals surface area contributed by atoms with Crippen molar-refractivity contribution in [1.82, 2.24) is 19.7 Å². The fourth-order valence-corrected chi connectivity index (χ4v) is 3.14. The lowest BCUT2D eigenvalue weighted by molar-refractivity contribution is -0.124. The molecule has 1 aromatic rings. The van der Waals surface area contributed by atoms with Crippen LogP contribution < -0.4 is 0 Å². The number of likely N-dealkylation sites (N-methyl/N-ethyl adjacent to an activating group) is 1. The zero-order valence-electron chi connectivity index (χ0n) is 15.0. The van der Waals surface area contributed by atoms with Gasteiger partial charge in [0.15, 0.2) is 0 Å². The van der Waals surface area contributed by atoms with Gasteiger partial charge < -0.3 is 19.7 Å². The normalized spacial score (nSPS) is 18.9. The largest absolute Gasteiger partial charge is 0.367 e. The molecule has 1 atom stereocenters. The van der Waals surface area contributed by atoms with Crippen LogP contribution in [0.15, 0.2) is 24.7 Å². The van der Waals surface area contributed by atoms with Crippen LogP contribution in [-0.4, -0.2) is 71.8 Å². The fraction of sp³-hybridized carbons (Fsp3) is 0.556. The molecule has 1 unspecified atom stereocenters. The summed E-state index contributed by atoms with van der Waals surface area (Å²) in [7, 11) is 3.46. The maximum Gasteiger partial charge on any atom is 0.255 e. The summed E-state index contributed by atoms with van der Waals surface area (Å²) in [5.74, 6) is 0.434. The Kier molecular flexibility index (Phi) is 6.20. The summed E-state index contributed by atoms with van der Waals surface area (Å²) in [5.41, 5.74) is 1.31. The Morgan fingerprint density at radius 1 is 1.46 bits per heavy atom. The molecule has 1 saturated heterocycles. The van der Waals surface area contributed by atoms with Crippen LogP contribution in [0.4, 0.5) is 0 Å². The molecule has 1 N–H and O–H groups in total. The molecule has 0 radical (unpaired) electrons. The second-order valence-corrected chi connectivity index (χ2v) is 6.84. The molecule has 0 saturated carbocycles. The van der Waals surface area contributed by atoms with E-state index >= 15 is 0 Å². The van der Waals surface area contributed by atoms with Crippen molar-refractivity contribution in [1.29, 1.82) is 0 Å². The van der Waals surface area contributed by atoms with Crippen LogP contribution in [-0.2, 0) is 9.59 Å². The van der Waals surface area contributed by atoms with Gasteiger partial charge in [-0.1, -0.05) is 0 Å². The van der Waals surface area contributed by atoms with Gasteiger partial charge in [-0.25, -0.2) is 0 Å². The highest BCUT2D eigenvalue weighted by Crippen LogP contribution is 2.22. The van der Waals surface area contributed by atoms with E-state index in [2.05, 4.69) is 23.7 Å². The fourth-order valence-electron chi connectivity index (χ4n) is 3.14. The Balaban J connectivity index is 2.06. The minimum absolute atomic E-state index is 0.0636. The Hall–Kier alpha value is -2.08. The monoisotopic (exact) mass is 332 g/mol. The molecule has 2 heterocycles. The Morgan fingerprint density at radius 2 is 2.21 bits per heavy atom. The predicted molar refractivity (Wildman–Crippen MR) is 95.0 cm³/mol. The minimum atomic E-state index is -0.0636. The molecule has 0 aliphatic carbocycles. The number of aromatic nitrogens is 1. The molecule has 0 bridgehead atoms. The SMILES string of the molecule is CC(C)N1CCC(CN(C)C(=O)/C(=C/N(C)C=O)c2cc[nH]c2)C1. The Labute approximate surface area is 144 Å². The van der Waals surface area contributed by atoms with Crippen molar-refractivity contribution in [2.24, 2.45) is 5.92 Å². The average Bonchev–Trinajstić information content (AvgIpc) is 3.23. The number of hydrogen-bond donors (Lipinski definition) is 1. The summed E-state index contributed by atoms with van der Waals surface area (Å²) < 4.78 is 0. The molecule has 0 aromatic carbocycles. The van der Waals surface area contributed by atoms with Crippen molar-refractivity contribution >= 4 is 17.9 Å². The molecule has 132 valence electrons. The third-order valence-electron chi connectivity index (χ3n) is 4.56. The zero-order chi connectivity index (χ0) is 17.7. The maximum atomic E-state index is 12.9. The maximum absolute atomic E-state index is 12.9. The van der Waals surface area contributed by atoms with Gasteiger partial charge in [-0.3, -0.25) is 9.59 Å². The van der Waals surface area contributed by atoms with Crippen LogP contribution in [0.1, 0.15) is 25.8 Å². The zero-order valence-corrected chi connectivity index (χ0v) is 15.0. The molecule has 1 aliphatic heterocycles. The van der Waals surface area contributed by atoms with Crippen LogP contribution in [0.3, 0.4) is 0 Å². The summed E-state index contributed by atoms with van der Waals surface area (Å²) in [6, 6.07) is 2.39. The van der Waals surface area contributed by atoms with Gasteiger partial charge >= 0.3 is 0 Å². The van der Waals surface area contributed by atoms with Gasteiger partial charge in [0.05, 0.1) is 5.57 Å². The number of H-pyrrole nitrogens is 1. The molecule has 24 heavy (non-hydrogen) atoms. The number of rotatable bonds is 7. The third-order valence-corrected chi connectivity index (χ3v) is 4.56. The van der Waals surface area contributed by atoms with E-state index in [1.165, 1.54) is 4.90 Å². The Morgan fingerprint density at radius 3 is 2.75 bits per heavy atom. The first-order chi connectivity index (χ1) is 11.4. The molecule has 1 aromatic heterocycles. The number of likely N-dealkylation sites (tertiary alicyclic amines) is 1. The van der Waals surface area contributed by atoms with E-state index in [0.29, 0.717) is 23.9 Å². The number of nitrogens with one attached hydrogen (secondary N) is 1. The van der Waals surface area contributed by atoms with Crippen LogP contribution in [0.25, 0.3) is 5.57 Å². The number of amides is 2. The molecular formula is C18H28N4O2. The number of hydrogen-bond acceptors (Lipinski definition) is 3. The van der Waals surface area contributed by atoms with Crippen LogP contribution in [0.5, 0.6) is 0 Å². The van der Waals surface area contributed by atoms with E-state index in [1.807, 2.05) is 13.1 Å². The van der Waals surface area contributed by atoms with Gasteiger partial charge in [0.1, 0.15) is 0 Å². The second kappa shape index (κ2) is 8.15. The van der Waals surface area contributed by atoms with Gasteiger partial charge in [-0.2, -0.15) is 0 Å². The number of carbonyl (C=O) groups is 2. The predicted octanol–water partition coefficient (Wildman–Crippen LogP) is 1.63. The topological polar surface area (TPSA) is 59.6 Å². The smallest absolute Gasteiger partial charge is 0.255 e. The minimum Gasteiger partial charge on any atom is -0.367 e. The first-order valence-corrected chi connectivity index (χ1v) is 8.44. The number of carbonyl (C=O) groups excluding carboxylic acids is 2. The molecule has 1 fully saturated rings. The molecule has 6 nitrogen and oxygen atoms in total. The standard InChI is InChI=1S/C18H28N4O2/c1-14(2)22-8-6-15(11-22)10-21(4)18(24)17(12-20(3)13-23)16-5-7-19-9-16/h5,7,9,12-15,19H,6,8,10-11H2,1-4H3/b17-12+. The quantitative estimate of drug-likeness (QED) is 0.610. The van der Waals surface area contributed by atoms with Crippen LogP contribution >= 0.6 is 0 Å². The summed E-state index contributed by atoms with van der Waals surface area (Å²) >= 11 is 0. The molecule has 2 amide bonds. The van der Waals surface area contributed by atoms with Crippen molar-refractivity contribution in [2.75, 3.05) is 33.7 Å². The Bertz CT molecular complexity index is 580. The van der Waals surface area contributed by atoms with Gasteiger partial charge in [0.2, 0.25) is 6.41 Å². The highest BCUT2D eigenvalue weighted by Gasteiger charge is 2.27. The van der Waals surface area contributed by atoms with E-state index < -0.39 is 0 Å². The van der Waals surface area contributed by atoms with Crippen LogP contribution in [0.2, 0.25) is 0 Å². The van der Waals surface area contributed by atoms with Gasteiger partial charge in [-0.15, -0.1) is 0 Å². The molecule has 0 spiro atoms. The lowest BCUT2D eigenvalue weighted by Gasteiger charge is -2.24. The molecule has 2 rings (SSSR count). The van der Waals surface area contributed by atoms with Crippen molar-refractivity contribution in [2.45, 2.75) is 26.3 Å². The van der Waals surface area contributed by atoms with Crippen molar-refractivity contribution in [3.63, 3.8) is 0 Å². The second-order valence-electron chi connectivity index (χ2n) is 6.84. The number of nitrogens with zero attached hydrogens (tertiary/aromatic N) is 3. The van der Waals surface area contributed by atoms with E-state index in [1.54, 1.807) is 30.5 Å². The lowest BCUT2D eigenvalue weighted by Crippen LogP contribution is -2.35. The van der Waals surface area contributed by atoms with E-state index in [4.69, 9.17) is 0 Å². The summed E-state index contributed by atoms with van der Waals surface area (Å²) in [5, 5.41) is 0. The summed E-state index contributed by atoms with van der Waals surface area (Å²) in [6.45, 7) is 7.28. The summed E-state index contributed by atoms with van der Waals surface area (Å²) in [6.07, 6.45) is 6.94. The first kappa shape index (κ1) is 18.3. The molecule has 1 aliphatic rings. The van der Waals surface area contributed by atoms with Gasteiger partial charge in [0, 0.05) is 57.4 Å². The van der Waals surface area contributed by atoms with Gasteiger partial charge in [0.25, 0.3) is 5.91 Å². The van der Waals surface area contributed by atoms with Crippen molar-refractivity contribution < 1.29 is 9.59 Å². The third kappa shape index (κ3) is 4.47. The van der Waals surface area contributed by atoms with E-state index in [9.17, 15) is 9.59 Å². The first-order valence-electron chi connectivity index (χ1n) is 8.44. The van der Waals surface area contributed by atoms with Gasteiger partial charge in [-0.05, 0) is 38.8 Å². The lowest BCUT2D eigenvalue weighted by atomic mass is 10.1. The van der Waals surface area contributed by atoms with Crippen LogP contribution in [0, 0.1) is 5.92 Å². The molecule has 6 heteroatoms. The molecular weight excluding hydrogens is 304 g/mol. The van der Waals surface area contributed by atoms with Crippen molar-refractivity contribution in [3.05, 3.63) is 30.2 Å². The average molecular weight is 332 g/mol. The number of aromatic amines is 1. The van der Waals surface area contributed by atoms with E-state index in [-0.39, 0.29) is 5.91 Å². The van der Waals surface area contributed by atoms with E-state index in [0.717, 1.165) is 31.6 Å². The highest BCUT2D eigenvalue weighted by molar-refractivity contribution is 6.19. The van der Waals surface area contributed by atoms with Crippen molar-refractivity contribution in [3.8, 4) is 0 Å². The summed E-state index contributed by atoms with van der Waals surface area (Å²) in [4.78, 5) is 32.4.